The van der Waals surface area contributed by atoms with E-state index in [4.69, 9.17) is 21.1 Å². The summed E-state index contributed by atoms with van der Waals surface area (Å²) < 4.78 is 11.0. The molecule has 32 heavy (non-hydrogen) atoms. The number of halogens is 1. The number of hydrogen-bond donors (Lipinski definition) is 1. The first kappa shape index (κ1) is 21.5. The molecule has 3 aromatic rings. The molecule has 1 aliphatic heterocycles. The van der Waals surface area contributed by atoms with E-state index < -0.39 is 11.8 Å². The largest absolute Gasteiger partial charge is 0.496 e. The van der Waals surface area contributed by atoms with E-state index in [1.807, 2.05) is 19.1 Å². The van der Waals surface area contributed by atoms with E-state index in [0.29, 0.717) is 40.1 Å². The van der Waals surface area contributed by atoms with Crippen LogP contribution in [0.25, 0.3) is 5.57 Å². The Hall–Kier alpha value is -3.77. The van der Waals surface area contributed by atoms with Crippen LogP contribution in [0.3, 0.4) is 0 Å². The highest BCUT2D eigenvalue weighted by Gasteiger charge is 2.41. The average molecular weight is 449 g/mol. The highest BCUT2D eigenvalue weighted by atomic mass is 35.5. The Kier molecular flexibility index (Phi) is 6.14. The fourth-order valence-electron chi connectivity index (χ4n) is 3.55. The summed E-state index contributed by atoms with van der Waals surface area (Å²) in [6, 6.07) is 20.9. The second kappa shape index (κ2) is 9.16. The maximum Gasteiger partial charge on any atom is 0.282 e. The minimum absolute atomic E-state index is 0.156. The predicted molar refractivity (Wildman–Crippen MR) is 125 cm³/mol. The fourth-order valence-corrected chi connectivity index (χ4v) is 3.67. The van der Waals surface area contributed by atoms with E-state index in [1.165, 1.54) is 7.11 Å². The van der Waals surface area contributed by atoms with Crippen molar-refractivity contribution in [2.24, 2.45) is 0 Å². The van der Waals surface area contributed by atoms with Gasteiger partial charge in [-0.15, -0.1) is 0 Å². The number of carbonyl (C=O) groups excluding carboxylic acids is 2. The van der Waals surface area contributed by atoms with Crippen molar-refractivity contribution >= 4 is 40.4 Å². The van der Waals surface area contributed by atoms with E-state index in [9.17, 15) is 9.59 Å². The monoisotopic (exact) mass is 448 g/mol. The summed E-state index contributed by atoms with van der Waals surface area (Å²) in [6.07, 6.45) is 0. The van der Waals surface area contributed by atoms with Crippen LogP contribution < -0.4 is 19.7 Å². The third kappa shape index (κ3) is 4.05. The van der Waals surface area contributed by atoms with Crippen LogP contribution in [0.5, 0.6) is 11.5 Å². The average Bonchev–Trinajstić information content (AvgIpc) is 3.04. The van der Waals surface area contributed by atoms with Crippen molar-refractivity contribution in [1.82, 2.24) is 0 Å². The Labute approximate surface area is 191 Å². The molecule has 3 aromatic carbocycles. The zero-order valence-corrected chi connectivity index (χ0v) is 18.3. The fraction of sp³-hybridized carbons (Fsp3) is 0.120. The Morgan fingerprint density at radius 1 is 0.938 bits per heavy atom. The summed E-state index contributed by atoms with van der Waals surface area (Å²) in [4.78, 5) is 28.1. The van der Waals surface area contributed by atoms with E-state index >= 15 is 0 Å². The summed E-state index contributed by atoms with van der Waals surface area (Å²) >= 11 is 5.99. The quantitative estimate of drug-likeness (QED) is 0.506. The molecular formula is C25H21ClN2O4. The second-order valence-corrected chi connectivity index (χ2v) is 7.39. The molecule has 2 amide bonds. The first-order chi connectivity index (χ1) is 15.5. The first-order valence-electron chi connectivity index (χ1n) is 10.1. The first-order valence-corrected chi connectivity index (χ1v) is 10.4. The maximum atomic E-state index is 13.5. The van der Waals surface area contributed by atoms with Gasteiger partial charge in [0.1, 0.15) is 17.2 Å². The van der Waals surface area contributed by atoms with E-state index in [-0.39, 0.29) is 11.3 Å². The lowest BCUT2D eigenvalue weighted by Gasteiger charge is -2.15. The highest BCUT2D eigenvalue weighted by molar-refractivity contribution is 6.46. The minimum atomic E-state index is -0.472. The van der Waals surface area contributed by atoms with Gasteiger partial charge in [0, 0.05) is 22.3 Å². The number of carbonyl (C=O) groups is 2. The molecule has 7 heteroatoms. The Bertz CT molecular complexity index is 1200. The van der Waals surface area contributed by atoms with Crippen molar-refractivity contribution < 1.29 is 19.1 Å². The van der Waals surface area contributed by atoms with E-state index in [0.717, 1.165) is 4.90 Å². The number of nitrogens with one attached hydrogen (secondary N) is 1. The number of amides is 2. The summed E-state index contributed by atoms with van der Waals surface area (Å²) in [5.74, 6) is 0.220. The molecule has 1 heterocycles. The van der Waals surface area contributed by atoms with Crippen molar-refractivity contribution in [3.05, 3.63) is 89.1 Å². The van der Waals surface area contributed by atoms with Crippen LogP contribution in [0, 0.1) is 0 Å². The summed E-state index contributed by atoms with van der Waals surface area (Å²) in [6.45, 7) is 2.41. The molecule has 0 fully saturated rings. The molecule has 0 bridgehead atoms. The van der Waals surface area contributed by atoms with Gasteiger partial charge in [0.25, 0.3) is 11.8 Å². The SMILES string of the molecule is CCOc1cccc(NC2=C(c3ccccc3OC)C(=O)N(c3ccc(Cl)cc3)C2=O)c1. The summed E-state index contributed by atoms with van der Waals surface area (Å²) in [5.41, 5.74) is 1.95. The van der Waals surface area contributed by atoms with Crippen molar-refractivity contribution in [3.8, 4) is 11.5 Å². The van der Waals surface area contributed by atoms with Crippen LogP contribution in [-0.2, 0) is 9.59 Å². The predicted octanol–water partition coefficient (Wildman–Crippen LogP) is 5.14. The number of para-hydroxylation sites is 1. The molecule has 162 valence electrons. The lowest BCUT2D eigenvalue weighted by atomic mass is 10.0. The third-order valence-corrected chi connectivity index (χ3v) is 5.21. The standard InChI is InChI=1S/C25H21ClN2O4/c1-3-32-19-8-6-7-17(15-19)27-23-22(20-9-4-5-10-21(20)31-2)24(29)28(25(23)30)18-13-11-16(26)12-14-18/h4-15,27H,3H2,1-2H3. The molecule has 0 spiro atoms. The van der Waals surface area contributed by atoms with Crippen LogP contribution in [0.2, 0.25) is 5.02 Å². The summed E-state index contributed by atoms with van der Waals surface area (Å²) in [7, 11) is 1.52. The normalized spacial score (nSPS) is 13.5. The number of nitrogens with zero attached hydrogens (tertiary/aromatic N) is 1. The van der Waals surface area contributed by atoms with Crippen molar-refractivity contribution in [2.45, 2.75) is 6.92 Å². The Balaban J connectivity index is 1.83. The number of benzene rings is 3. The van der Waals surface area contributed by atoms with E-state index in [1.54, 1.807) is 60.7 Å². The molecule has 0 aromatic heterocycles. The van der Waals surface area contributed by atoms with Crippen LogP contribution in [0.15, 0.2) is 78.5 Å². The maximum absolute atomic E-state index is 13.5. The zero-order valence-electron chi connectivity index (χ0n) is 17.6. The molecule has 6 nitrogen and oxygen atoms in total. The van der Waals surface area contributed by atoms with E-state index in [2.05, 4.69) is 5.32 Å². The Morgan fingerprint density at radius 2 is 1.69 bits per heavy atom. The lowest BCUT2D eigenvalue weighted by molar-refractivity contribution is -0.120. The van der Waals surface area contributed by atoms with Gasteiger partial charge in [-0.3, -0.25) is 9.59 Å². The summed E-state index contributed by atoms with van der Waals surface area (Å²) in [5, 5.41) is 3.65. The number of ether oxygens (including phenoxy) is 2. The van der Waals surface area contributed by atoms with Gasteiger partial charge in [-0.2, -0.15) is 0 Å². The van der Waals surface area contributed by atoms with Gasteiger partial charge >= 0.3 is 0 Å². The molecule has 0 radical (unpaired) electrons. The number of hydrogen-bond acceptors (Lipinski definition) is 5. The van der Waals surface area contributed by atoms with Gasteiger partial charge in [-0.25, -0.2) is 4.90 Å². The molecule has 4 rings (SSSR count). The minimum Gasteiger partial charge on any atom is -0.496 e. The molecule has 1 N–H and O–H groups in total. The van der Waals surface area contributed by atoms with Crippen molar-refractivity contribution in [1.29, 1.82) is 0 Å². The van der Waals surface area contributed by atoms with Crippen molar-refractivity contribution in [2.75, 3.05) is 23.9 Å². The van der Waals surface area contributed by atoms with Gasteiger partial charge in [-0.1, -0.05) is 35.9 Å². The lowest BCUT2D eigenvalue weighted by Crippen LogP contribution is -2.32. The van der Waals surface area contributed by atoms with Crippen LogP contribution in [-0.4, -0.2) is 25.5 Å². The third-order valence-electron chi connectivity index (χ3n) is 4.96. The van der Waals surface area contributed by atoms with Crippen LogP contribution in [0.1, 0.15) is 12.5 Å². The number of methoxy groups -OCH3 is 1. The Morgan fingerprint density at radius 3 is 2.41 bits per heavy atom. The number of anilines is 2. The molecule has 0 aliphatic carbocycles. The van der Waals surface area contributed by atoms with Crippen molar-refractivity contribution in [3.63, 3.8) is 0 Å². The molecule has 0 unspecified atom stereocenters. The molecular weight excluding hydrogens is 428 g/mol. The van der Waals surface area contributed by atoms with Crippen LogP contribution >= 0.6 is 11.6 Å². The molecule has 0 saturated heterocycles. The van der Waals surface area contributed by atoms with Gasteiger partial charge < -0.3 is 14.8 Å². The zero-order chi connectivity index (χ0) is 22.7. The smallest absolute Gasteiger partial charge is 0.282 e. The van der Waals surface area contributed by atoms with Gasteiger partial charge in [0.15, 0.2) is 0 Å². The van der Waals surface area contributed by atoms with Gasteiger partial charge in [0.2, 0.25) is 0 Å². The topological polar surface area (TPSA) is 67.9 Å². The number of rotatable bonds is 7. The van der Waals surface area contributed by atoms with Gasteiger partial charge in [-0.05, 0) is 49.4 Å². The number of imide groups is 1. The highest BCUT2D eigenvalue weighted by Crippen LogP contribution is 2.37. The molecule has 0 atom stereocenters. The molecule has 1 aliphatic rings. The van der Waals surface area contributed by atoms with Gasteiger partial charge in [0.05, 0.1) is 25.0 Å². The molecule has 0 saturated carbocycles. The second-order valence-electron chi connectivity index (χ2n) is 6.96. The van der Waals surface area contributed by atoms with Crippen LogP contribution in [0.4, 0.5) is 11.4 Å².